The average Bonchev–Trinajstić information content (AvgIpc) is 2.91. The summed E-state index contributed by atoms with van der Waals surface area (Å²) in [6.07, 6.45) is 0. The lowest BCUT2D eigenvalue weighted by Gasteiger charge is -2.01. The van der Waals surface area contributed by atoms with E-state index in [4.69, 9.17) is 21.1 Å². The fraction of sp³-hybridized carbons (Fsp3) is 0.333. The van der Waals surface area contributed by atoms with Crippen molar-refractivity contribution >= 4 is 33.0 Å². The maximum Gasteiger partial charge on any atom is 0.329 e. The Morgan fingerprint density at radius 3 is 2.62 bits per heavy atom. The molecule has 0 aliphatic heterocycles. The number of sulfone groups is 1. The van der Waals surface area contributed by atoms with Gasteiger partial charge in [-0.2, -0.15) is 4.98 Å². The van der Waals surface area contributed by atoms with Gasteiger partial charge in [0.2, 0.25) is 14.2 Å². The zero-order valence-electron chi connectivity index (χ0n) is 11.2. The van der Waals surface area contributed by atoms with Crippen molar-refractivity contribution < 1.29 is 17.9 Å². The second-order valence-corrected chi connectivity index (χ2v) is 7.42. The Labute approximate surface area is 131 Å². The topological polar surface area (TPSA) is 78.4 Å². The Hall–Kier alpha value is -1.22. The maximum absolute atomic E-state index is 12.2. The molecule has 0 N–H and O–H groups in total. The highest BCUT2D eigenvalue weighted by atomic mass is 35.5. The summed E-state index contributed by atoms with van der Waals surface area (Å²) >= 11 is 6.56. The molecule has 6 nitrogen and oxygen atoms in total. The molecule has 0 atom stereocenters. The van der Waals surface area contributed by atoms with Crippen molar-refractivity contribution in [1.82, 2.24) is 9.36 Å². The lowest BCUT2D eigenvalue weighted by atomic mass is 10.2. The first-order chi connectivity index (χ1) is 10.0. The highest BCUT2D eigenvalue weighted by molar-refractivity contribution is 7.92. The normalized spacial score (nSPS) is 11.5. The van der Waals surface area contributed by atoms with Crippen LogP contribution >= 0.6 is 23.1 Å². The van der Waals surface area contributed by atoms with Gasteiger partial charge in [0, 0.05) is 23.7 Å². The van der Waals surface area contributed by atoms with Crippen molar-refractivity contribution in [3.63, 3.8) is 0 Å². The van der Waals surface area contributed by atoms with Crippen LogP contribution < -0.4 is 4.74 Å². The minimum atomic E-state index is -3.55. The summed E-state index contributed by atoms with van der Waals surface area (Å²) in [7, 11) is -2.00. The number of hydrogen-bond acceptors (Lipinski definition) is 7. The van der Waals surface area contributed by atoms with E-state index in [2.05, 4.69) is 9.36 Å². The third-order valence-corrected chi connectivity index (χ3v) is 5.51. The number of aromatic nitrogens is 2. The second-order valence-electron chi connectivity index (χ2n) is 4.07. The van der Waals surface area contributed by atoms with E-state index in [0.29, 0.717) is 17.2 Å². The van der Waals surface area contributed by atoms with E-state index in [1.165, 1.54) is 0 Å². The van der Waals surface area contributed by atoms with Crippen LogP contribution in [0.1, 0.15) is 5.56 Å². The van der Waals surface area contributed by atoms with Gasteiger partial charge in [0.15, 0.2) is 0 Å². The number of rotatable bonds is 7. The molecule has 9 heteroatoms. The second kappa shape index (κ2) is 7.17. The minimum absolute atomic E-state index is 0.0479. The molecule has 114 valence electrons. The number of nitrogens with zero attached hydrogens (tertiary/aromatic N) is 2. The van der Waals surface area contributed by atoms with Crippen molar-refractivity contribution in [2.24, 2.45) is 0 Å². The van der Waals surface area contributed by atoms with Gasteiger partial charge in [0.1, 0.15) is 6.61 Å². The Kier molecular flexibility index (Phi) is 5.51. The van der Waals surface area contributed by atoms with Crippen molar-refractivity contribution in [2.75, 3.05) is 20.3 Å². The van der Waals surface area contributed by atoms with Crippen LogP contribution in [0.2, 0.25) is 5.02 Å². The quantitative estimate of drug-likeness (QED) is 0.714. The monoisotopic (exact) mass is 348 g/mol. The van der Waals surface area contributed by atoms with E-state index in [1.807, 2.05) is 0 Å². The maximum atomic E-state index is 12.2. The van der Waals surface area contributed by atoms with Crippen LogP contribution in [0.3, 0.4) is 0 Å². The number of methoxy groups -OCH3 is 1. The third kappa shape index (κ3) is 4.63. The summed E-state index contributed by atoms with van der Waals surface area (Å²) in [5.74, 6) is -0.156. The van der Waals surface area contributed by atoms with E-state index < -0.39 is 9.84 Å². The van der Waals surface area contributed by atoms with Gasteiger partial charge in [-0.25, -0.2) is 8.42 Å². The van der Waals surface area contributed by atoms with Crippen molar-refractivity contribution in [1.29, 1.82) is 0 Å². The molecule has 0 saturated heterocycles. The van der Waals surface area contributed by atoms with Gasteiger partial charge < -0.3 is 9.47 Å². The van der Waals surface area contributed by atoms with E-state index in [0.717, 1.165) is 11.5 Å². The van der Waals surface area contributed by atoms with Gasteiger partial charge in [-0.15, -0.1) is 4.37 Å². The zero-order chi connectivity index (χ0) is 15.3. The molecule has 0 unspecified atom stereocenters. The summed E-state index contributed by atoms with van der Waals surface area (Å²) in [4.78, 5) is 3.88. The van der Waals surface area contributed by atoms with Crippen LogP contribution in [-0.2, 0) is 20.3 Å². The lowest BCUT2D eigenvalue weighted by molar-refractivity contribution is 0.141. The van der Waals surface area contributed by atoms with E-state index >= 15 is 0 Å². The van der Waals surface area contributed by atoms with Gasteiger partial charge >= 0.3 is 6.01 Å². The molecular formula is C12H13ClN2O4S2. The summed E-state index contributed by atoms with van der Waals surface area (Å²) in [6.45, 7) is 0.649. The molecule has 0 saturated carbocycles. The number of halogens is 1. The Morgan fingerprint density at radius 2 is 1.95 bits per heavy atom. The summed E-state index contributed by atoms with van der Waals surface area (Å²) in [6, 6.07) is 6.66. The van der Waals surface area contributed by atoms with E-state index in [1.54, 1.807) is 31.4 Å². The van der Waals surface area contributed by atoms with Crippen LogP contribution in [0, 0.1) is 0 Å². The lowest BCUT2D eigenvalue weighted by Crippen LogP contribution is -2.07. The third-order valence-electron chi connectivity index (χ3n) is 2.44. The predicted octanol–water partition coefficient (Wildman–Crippen LogP) is 2.19. The number of hydrogen-bond donors (Lipinski definition) is 0. The van der Waals surface area contributed by atoms with Crippen molar-refractivity contribution in [3.8, 4) is 6.01 Å². The smallest absolute Gasteiger partial charge is 0.329 e. The first-order valence-corrected chi connectivity index (χ1v) is 8.74. The highest BCUT2D eigenvalue weighted by Gasteiger charge is 2.21. The van der Waals surface area contributed by atoms with Crippen LogP contribution in [-0.4, -0.2) is 38.1 Å². The molecule has 1 aromatic heterocycles. The zero-order valence-corrected chi connectivity index (χ0v) is 13.5. The number of benzene rings is 1. The van der Waals surface area contributed by atoms with E-state index in [-0.39, 0.29) is 22.7 Å². The van der Waals surface area contributed by atoms with E-state index in [9.17, 15) is 8.42 Å². The Morgan fingerprint density at radius 1 is 1.24 bits per heavy atom. The van der Waals surface area contributed by atoms with Gasteiger partial charge in [0.05, 0.1) is 12.4 Å². The molecule has 0 fully saturated rings. The molecule has 0 bridgehead atoms. The molecule has 0 aliphatic rings. The molecule has 0 amide bonds. The van der Waals surface area contributed by atoms with Gasteiger partial charge in [-0.3, -0.25) is 0 Å². The molecule has 0 radical (unpaired) electrons. The first kappa shape index (κ1) is 16.2. The molecule has 1 heterocycles. The molecule has 0 spiro atoms. The Balaban J connectivity index is 2.07. The summed E-state index contributed by atoms with van der Waals surface area (Å²) in [5, 5.41) is 0.556. The van der Waals surface area contributed by atoms with Crippen LogP contribution in [0.5, 0.6) is 6.01 Å². The number of ether oxygens (including phenoxy) is 2. The minimum Gasteiger partial charge on any atom is -0.460 e. The Bertz CT molecular complexity index is 686. The predicted molar refractivity (Wildman–Crippen MR) is 79.6 cm³/mol. The SMILES string of the molecule is COCCOc1nsc(S(=O)(=O)Cc2ccc(Cl)cc2)n1. The van der Waals surface area contributed by atoms with Crippen LogP contribution in [0.15, 0.2) is 28.6 Å². The fourth-order valence-electron chi connectivity index (χ4n) is 1.46. The summed E-state index contributed by atoms with van der Waals surface area (Å²) < 4.78 is 38.2. The van der Waals surface area contributed by atoms with Crippen molar-refractivity contribution in [2.45, 2.75) is 10.1 Å². The molecule has 2 aromatic rings. The largest absolute Gasteiger partial charge is 0.460 e. The molecule has 2 rings (SSSR count). The fourth-order valence-corrected chi connectivity index (χ4v) is 3.67. The average molecular weight is 349 g/mol. The van der Waals surface area contributed by atoms with Gasteiger partial charge in [0.25, 0.3) is 0 Å². The van der Waals surface area contributed by atoms with Crippen LogP contribution in [0.4, 0.5) is 0 Å². The highest BCUT2D eigenvalue weighted by Crippen LogP contribution is 2.21. The van der Waals surface area contributed by atoms with Crippen LogP contribution in [0.25, 0.3) is 0 Å². The first-order valence-electron chi connectivity index (χ1n) is 5.94. The molecule has 1 aromatic carbocycles. The molecular weight excluding hydrogens is 336 g/mol. The standard InChI is InChI=1S/C12H13ClN2O4S2/c1-18-6-7-19-11-14-12(20-15-11)21(16,17)8-9-2-4-10(13)5-3-9/h2-5H,6-8H2,1H3. The van der Waals surface area contributed by atoms with Gasteiger partial charge in [-0.1, -0.05) is 23.7 Å². The van der Waals surface area contributed by atoms with Crippen molar-refractivity contribution in [3.05, 3.63) is 34.9 Å². The van der Waals surface area contributed by atoms with Gasteiger partial charge in [-0.05, 0) is 17.7 Å². The molecule has 0 aliphatic carbocycles. The summed E-state index contributed by atoms with van der Waals surface area (Å²) in [5.41, 5.74) is 0.636. The molecule has 21 heavy (non-hydrogen) atoms.